The Labute approximate surface area is 115 Å². The fourth-order valence-corrected chi connectivity index (χ4v) is 1.98. The number of likely N-dealkylation sites (N-methyl/N-ethyl adjacent to an activating group) is 1. The molecule has 0 aromatic heterocycles. The molecule has 2 atom stereocenters. The van der Waals surface area contributed by atoms with Crippen molar-refractivity contribution in [2.75, 3.05) is 20.7 Å². The molecule has 1 amide bonds. The number of nitrogens with two attached hydrogens (primary N) is 1. The minimum absolute atomic E-state index is 0.277. The lowest BCUT2D eigenvalue weighted by Crippen LogP contribution is -2.50. The molecule has 6 nitrogen and oxygen atoms in total. The third-order valence-corrected chi connectivity index (χ3v) is 3.26. The number of amides is 1. The van der Waals surface area contributed by atoms with E-state index in [4.69, 9.17) is 10.5 Å². The Morgan fingerprint density at radius 3 is 2.47 bits per heavy atom. The van der Waals surface area contributed by atoms with Gasteiger partial charge in [0.25, 0.3) is 0 Å². The summed E-state index contributed by atoms with van der Waals surface area (Å²) < 4.78 is 4.84. The molecule has 2 unspecified atom stereocenters. The summed E-state index contributed by atoms with van der Waals surface area (Å²) in [6, 6.07) is -0.354. The molecule has 112 valence electrons. The first kappa shape index (κ1) is 17.9. The normalized spacial score (nSPS) is 15.6. The van der Waals surface area contributed by atoms with E-state index in [9.17, 15) is 9.59 Å². The number of hydrogen-bond donors (Lipinski definition) is 3. The van der Waals surface area contributed by atoms with Gasteiger partial charge in [0.15, 0.2) is 0 Å². The molecule has 4 N–H and O–H groups in total. The maximum atomic E-state index is 11.8. The third kappa shape index (κ3) is 6.02. The van der Waals surface area contributed by atoms with E-state index in [2.05, 4.69) is 10.6 Å². The molecule has 0 aliphatic heterocycles. The highest BCUT2D eigenvalue weighted by Crippen LogP contribution is 2.17. The second-order valence-corrected chi connectivity index (χ2v) is 4.89. The van der Waals surface area contributed by atoms with Crippen LogP contribution >= 0.6 is 0 Å². The number of hydrogen-bond acceptors (Lipinski definition) is 5. The fraction of sp³-hybridized carbons (Fsp3) is 0.846. The van der Waals surface area contributed by atoms with E-state index < -0.39 is 5.54 Å². The van der Waals surface area contributed by atoms with Crippen LogP contribution in [-0.2, 0) is 14.3 Å². The summed E-state index contributed by atoms with van der Waals surface area (Å²) >= 11 is 0. The highest BCUT2D eigenvalue weighted by Gasteiger charge is 2.33. The Bertz CT molecular complexity index is 297. The lowest BCUT2D eigenvalue weighted by Gasteiger charge is -2.28. The van der Waals surface area contributed by atoms with Crippen molar-refractivity contribution in [1.82, 2.24) is 10.6 Å². The second-order valence-electron chi connectivity index (χ2n) is 4.89. The molecular formula is C13H27N3O3. The number of carbonyl (C=O) groups is 2. The third-order valence-electron chi connectivity index (χ3n) is 3.26. The molecular weight excluding hydrogens is 246 g/mol. The molecule has 0 aromatic rings. The Balaban J connectivity index is 4.41. The predicted molar refractivity (Wildman–Crippen MR) is 74.6 cm³/mol. The molecule has 0 radical (unpaired) electrons. The van der Waals surface area contributed by atoms with E-state index >= 15 is 0 Å². The van der Waals surface area contributed by atoms with Crippen LogP contribution in [0.2, 0.25) is 0 Å². The Hall–Kier alpha value is -1.14. The lowest BCUT2D eigenvalue weighted by molar-refractivity contribution is -0.148. The molecule has 0 aromatic carbocycles. The highest BCUT2D eigenvalue weighted by atomic mass is 16.5. The summed E-state index contributed by atoms with van der Waals surface area (Å²) in [6.45, 7) is 4.61. The van der Waals surface area contributed by atoms with Gasteiger partial charge in [0.1, 0.15) is 5.54 Å². The maximum absolute atomic E-state index is 11.8. The van der Waals surface area contributed by atoms with Gasteiger partial charge in [-0.1, -0.05) is 6.92 Å². The van der Waals surface area contributed by atoms with Crippen molar-refractivity contribution < 1.29 is 14.3 Å². The average Bonchev–Trinajstić information content (AvgIpc) is 2.39. The van der Waals surface area contributed by atoms with Crippen LogP contribution in [0.4, 0.5) is 0 Å². The number of methoxy groups -OCH3 is 1. The lowest BCUT2D eigenvalue weighted by atomic mass is 9.93. The molecule has 0 saturated carbocycles. The van der Waals surface area contributed by atoms with E-state index in [0.29, 0.717) is 19.3 Å². The number of carbonyl (C=O) groups excluding carboxylic acids is 2. The first-order chi connectivity index (χ1) is 8.91. The van der Waals surface area contributed by atoms with Gasteiger partial charge in [-0.3, -0.25) is 9.59 Å². The summed E-state index contributed by atoms with van der Waals surface area (Å²) in [5.74, 6) is -0.648. The monoisotopic (exact) mass is 273 g/mol. The summed E-state index contributed by atoms with van der Waals surface area (Å²) in [5.41, 5.74) is 4.55. The molecule has 0 aliphatic rings. The fourth-order valence-electron chi connectivity index (χ4n) is 1.98. The first-order valence-electron chi connectivity index (χ1n) is 6.71. The zero-order valence-electron chi connectivity index (χ0n) is 12.4. The van der Waals surface area contributed by atoms with Crippen LogP contribution in [0.25, 0.3) is 0 Å². The van der Waals surface area contributed by atoms with Crippen molar-refractivity contribution in [2.24, 2.45) is 5.73 Å². The molecule has 19 heavy (non-hydrogen) atoms. The number of esters is 1. The van der Waals surface area contributed by atoms with Crippen molar-refractivity contribution in [1.29, 1.82) is 0 Å². The predicted octanol–water partition coefficient (Wildman–Crippen LogP) is 0.161. The maximum Gasteiger partial charge on any atom is 0.325 e. The Morgan fingerprint density at radius 1 is 1.42 bits per heavy atom. The molecule has 0 heterocycles. The van der Waals surface area contributed by atoms with Gasteiger partial charge in [0.2, 0.25) is 5.91 Å². The molecule has 0 rings (SSSR count). The summed E-state index contributed by atoms with van der Waals surface area (Å²) in [4.78, 5) is 22.9. The summed E-state index contributed by atoms with van der Waals surface area (Å²) in [7, 11) is 3.08. The molecule has 0 saturated heterocycles. The van der Waals surface area contributed by atoms with Crippen LogP contribution in [0.5, 0.6) is 0 Å². The van der Waals surface area contributed by atoms with Crippen LogP contribution < -0.4 is 16.4 Å². The van der Waals surface area contributed by atoms with Crippen LogP contribution in [0.3, 0.4) is 0 Å². The quantitative estimate of drug-likeness (QED) is 0.493. The van der Waals surface area contributed by atoms with E-state index in [1.807, 2.05) is 13.8 Å². The summed E-state index contributed by atoms with van der Waals surface area (Å²) in [5, 5.41) is 6.07. The molecule has 6 heteroatoms. The van der Waals surface area contributed by atoms with Crippen molar-refractivity contribution >= 4 is 11.9 Å². The standard InChI is InChI=1S/C13H27N3O3/c1-5-9-16-13(2,12(18)19-4)8-6-7-10(15-3)11(14)17/h10,15-16H,5-9H2,1-4H3,(H2,14,17). The molecule has 0 fully saturated rings. The van der Waals surface area contributed by atoms with Gasteiger partial charge < -0.3 is 21.1 Å². The average molecular weight is 273 g/mol. The van der Waals surface area contributed by atoms with Crippen molar-refractivity contribution in [3.8, 4) is 0 Å². The Morgan fingerprint density at radius 2 is 2.05 bits per heavy atom. The van der Waals surface area contributed by atoms with Crippen LogP contribution in [0.1, 0.15) is 39.5 Å². The Kier molecular flexibility index (Phi) is 8.34. The SMILES string of the molecule is CCCNC(C)(CCCC(NC)C(N)=O)C(=O)OC. The van der Waals surface area contributed by atoms with Crippen LogP contribution in [-0.4, -0.2) is 44.2 Å². The van der Waals surface area contributed by atoms with Crippen molar-refractivity contribution in [3.05, 3.63) is 0 Å². The van der Waals surface area contributed by atoms with E-state index in [0.717, 1.165) is 13.0 Å². The van der Waals surface area contributed by atoms with Crippen LogP contribution in [0.15, 0.2) is 0 Å². The van der Waals surface area contributed by atoms with E-state index in [-0.39, 0.29) is 17.9 Å². The number of nitrogens with one attached hydrogen (secondary N) is 2. The van der Waals surface area contributed by atoms with Crippen molar-refractivity contribution in [2.45, 2.75) is 51.1 Å². The molecule has 0 spiro atoms. The van der Waals surface area contributed by atoms with Gasteiger partial charge in [-0.25, -0.2) is 0 Å². The van der Waals surface area contributed by atoms with Gasteiger partial charge in [0.05, 0.1) is 13.2 Å². The van der Waals surface area contributed by atoms with Gasteiger partial charge >= 0.3 is 5.97 Å². The smallest absolute Gasteiger partial charge is 0.325 e. The number of primary amides is 1. The minimum atomic E-state index is -0.708. The second kappa shape index (κ2) is 8.87. The van der Waals surface area contributed by atoms with E-state index in [1.54, 1.807) is 7.05 Å². The first-order valence-corrected chi connectivity index (χ1v) is 6.71. The summed E-state index contributed by atoms with van der Waals surface area (Å²) in [6.07, 6.45) is 2.85. The van der Waals surface area contributed by atoms with Crippen LogP contribution in [0, 0.1) is 0 Å². The van der Waals surface area contributed by atoms with Crippen molar-refractivity contribution in [3.63, 3.8) is 0 Å². The largest absolute Gasteiger partial charge is 0.468 e. The minimum Gasteiger partial charge on any atom is -0.468 e. The zero-order valence-corrected chi connectivity index (χ0v) is 12.4. The van der Waals surface area contributed by atoms with Gasteiger partial charge in [-0.2, -0.15) is 0 Å². The number of rotatable bonds is 10. The van der Waals surface area contributed by atoms with Gasteiger partial charge in [-0.05, 0) is 46.2 Å². The molecule has 0 bridgehead atoms. The van der Waals surface area contributed by atoms with Gasteiger partial charge in [0, 0.05) is 0 Å². The topological polar surface area (TPSA) is 93.5 Å². The highest BCUT2D eigenvalue weighted by molar-refractivity contribution is 5.80. The van der Waals surface area contributed by atoms with E-state index in [1.165, 1.54) is 7.11 Å². The zero-order chi connectivity index (χ0) is 14.9. The molecule has 0 aliphatic carbocycles. The number of ether oxygens (including phenoxy) is 1. The van der Waals surface area contributed by atoms with Gasteiger partial charge in [-0.15, -0.1) is 0 Å².